The number of esters is 1. The summed E-state index contributed by atoms with van der Waals surface area (Å²) in [5, 5.41) is 0. The number of carbonyl (C=O) groups is 2. The lowest BCUT2D eigenvalue weighted by atomic mass is 9.93. The van der Waals surface area contributed by atoms with Gasteiger partial charge in [-0.05, 0) is 49.2 Å². The van der Waals surface area contributed by atoms with Gasteiger partial charge < -0.3 is 9.64 Å². The molecule has 2 aromatic rings. The molecule has 0 heterocycles. The Balaban J connectivity index is 2.73. The van der Waals surface area contributed by atoms with E-state index < -0.39 is 32.3 Å². The normalized spacial score (nSPS) is 12.5. The first-order valence-corrected chi connectivity index (χ1v) is 13.1. The van der Waals surface area contributed by atoms with E-state index in [-0.39, 0.29) is 23.6 Å². The predicted molar refractivity (Wildman–Crippen MR) is 135 cm³/mol. The molecule has 0 aliphatic rings. The van der Waals surface area contributed by atoms with Gasteiger partial charge in [0.25, 0.3) is 5.91 Å². The molecule has 2 aromatic carbocycles. The molecule has 2 rings (SSSR count). The highest BCUT2D eigenvalue weighted by molar-refractivity contribution is 7.99. The summed E-state index contributed by atoms with van der Waals surface area (Å²) in [7, 11) is -1.91. The van der Waals surface area contributed by atoms with Crippen LogP contribution in [-0.2, 0) is 24.2 Å². The first kappa shape index (κ1) is 28.2. The molecule has 8 nitrogen and oxygen atoms in total. The molecule has 0 spiro atoms. The Morgan fingerprint density at radius 1 is 1.06 bits per heavy atom. The third-order valence-electron chi connectivity index (χ3n) is 4.95. The summed E-state index contributed by atoms with van der Waals surface area (Å²) in [5.74, 6) is -1.54. The minimum Gasteiger partial charge on any atom is -0.461 e. The van der Waals surface area contributed by atoms with Crippen molar-refractivity contribution in [3.63, 3.8) is 0 Å². The fraction of sp³-hybridized carbons (Fsp3) is 0.333. The molecule has 0 unspecified atom stereocenters. The number of sulfone groups is 1. The van der Waals surface area contributed by atoms with Crippen LogP contribution in [0.15, 0.2) is 58.0 Å². The number of nitrogens with zero attached hydrogens (tertiary/aromatic N) is 2. The Labute approximate surface area is 208 Å². The molecule has 11 heteroatoms. The van der Waals surface area contributed by atoms with Crippen LogP contribution in [0.2, 0.25) is 0 Å². The Morgan fingerprint density at radius 3 is 2.09 bits per heavy atom. The maximum atomic E-state index is 13.7. The van der Waals surface area contributed by atoms with Crippen LogP contribution < -0.4 is 0 Å². The summed E-state index contributed by atoms with van der Waals surface area (Å²) in [4.78, 5) is 37.6. The van der Waals surface area contributed by atoms with Gasteiger partial charge in [0, 0.05) is 48.9 Å². The van der Waals surface area contributed by atoms with Crippen LogP contribution in [0.3, 0.4) is 0 Å². The third-order valence-corrected chi connectivity index (χ3v) is 6.77. The maximum absolute atomic E-state index is 13.7. The summed E-state index contributed by atoms with van der Waals surface area (Å²) in [6.45, 7) is 4.61. The van der Waals surface area contributed by atoms with Crippen LogP contribution in [0.5, 0.6) is 0 Å². The van der Waals surface area contributed by atoms with E-state index in [1.54, 1.807) is 20.9 Å². The van der Waals surface area contributed by atoms with E-state index in [0.717, 1.165) is 18.2 Å². The summed E-state index contributed by atoms with van der Waals surface area (Å²) >= 11 is 0.795. The van der Waals surface area contributed by atoms with Gasteiger partial charge in [-0.1, -0.05) is 24.3 Å². The second kappa shape index (κ2) is 11.6. The van der Waals surface area contributed by atoms with Crippen molar-refractivity contribution in [1.82, 2.24) is 4.90 Å². The number of hydrogen-bond donors (Lipinski definition) is 0. The lowest BCUT2D eigenvalue weighted by Gasteiger charge is -2.28. The van der Waals surface area contributed by atoms with Crippen LogP contribution in [-0.4, -0.2) is 56.4 Å². The van der Waals surface area contributed by atoms with Crippen LogP contribution in [0.1, 0.15) is 31.9 Å². The van der Waals surface area contributed by atoms with Crippen molar-refractivity contribution >= 4 is 44.8 Å². The fourth-order valence-electron chi connectivity index (χ4n) is 3.38. The SMILES string of the molecule is CC(=O)OCC(=C(C(=O)N(C)CC(C)(C)SN=O)c1ccc(F)cc1)c1ccc(S(C)(=O)=O)cc1. The van der Waals surface area contributed by atoms with Crippen molar-refractivity contribution in [3.05, 3.63) is 70.4 Å². The minimum atomic E-state index is -3.46. The molecule has 0 bridgehead atoms. The van der Waals surface area contributed by atoms with Crippen LogP contribution >= 0.6 is 11.9 Å². The van der Waals surface area contributed by atoms with Crippen molar-refractivity contribution in [1.29, 1.82) is 0 Å². The fourth-order valence-corrected chi connectivity index (χ4v) is 4.47. The van der Waals surface area contributed by atoms with Crippen molar-refractivity contribution in [3.8, 4) is 0 Å². The lowest BCUT2D eigenvalue weighted by molar-refractivity contribution is -0.139. The van der Waals surface area contributed by atoms with Gasteiger partial charge in [-0.3, -0.25) is 9.59 Å². The van der Waals surface area contributed by atoms with Gasteiger partial charge in [0.05, 0.1) is 15.2 Å². The largest absolute Gasteiger partial charge is 0.461 e. The summed E-state index contributed by atoms with van der Waals surface area (Å²) < 4.78 is 44.9. The summed E-state index contributed by atoms with van der Waals surface area (Å²) in [6, 6.07) is 11.1. The molecule has 0 atom stereocenters. The number of ether oxygens (including phenoxy) is 1. The van der Waals surface area contributed by atoms with E-state index in [0.29, 0.717) is 16.7 Å². The average molecular weight is 523 g/mol. The lowest BCUT2D eigenvalue weighted by Crippen LogP contribution is -2.38. The minimum absolute atomic E-state index is 0.0833. The number of hydrogen-bond acceptors (Lipinski definition) is 8. The smallest absolute Gasteiger partial charge is 0.302 e. The molecule has 0 fully saturated rings. The average Bonchev–Trinajstić information content (AvgIpc) is 2.76. The number of benzene rings is 2. The molecular weight excluding hydrogens is 495 g/mol. The number of nitroso groups, excluding NO2 is 1. The zero-order valence-electron chi connectivity index (χ0n) is 20.1. The Morgan fingerprint density at radius 2 is 1.60 bits per heavy atom. The van der Waals surface area contributed by atoms with Crippen molar-refractivity contribution in [2.75, 3.05) is 26.5 Å². The third kappa shape index (κ3) is 8.00. The van der Waals surface area contributed by atoms with Crippen molar-refractivity contribution in [2.45, 2.75) is 30.4 Å². The quantitative estimate of drug-likeness (QED) is 0.150. The van der Waals surface area contributed by atoms with Gasteiger partial charge in [-0.15, -0.1) is 4.91 Å². The van der Waals surface area contributed by atoms with Gasteiger partial charge in [0.1, 0.15) is 12.4 Å². The number of amides is 1. The van der Waals surface area contributed by atoms with Crippen molar-refractivity contribution in [2.24, 2.45) is 4.58 Å². The molecule has 0 saturated carbocycles. The molecule has 0 aliphatic heterocycles. The molecule has 0 aromatic heterocycles. The number of rotatable bonds is 10. The summed E-state index contributed by atoms with van der Waals surface area (Å²) in [5.41, 5.74) is 1.27. The Hall–Kier alpha value is -3.05. The molecule has 35 heavy (non-hydrogen) atoms. The predicted octanol–water partition coefficient (Wildman–Crippen LogP) is 4.35. The number of halogens is 1. The molecule has 0 N–H and O–H groups in total. The van der Waals surface area contributed by atoms with Crippen LogP contribution in [0.4, 0.5) is 4.39 Å². The topological polar surface area (TPSA) is 110 Å². The van der Waals surface area contributed by atoms with E-state index >= 15 is 0 Å². The van der Waals surface area contributed by atoms with Gasteiger partial charge in [-0.2, -0.15) is 0 Å². The second-order valence-corrected chi connectivity index (χ2v) is 12.0. The van der Waals surface area contributed by atoms with E-state index in [1.165, 1.54) is 60.4 Å². The standard InChI is InChI=1S/C24H27FN2O6S2/c1-16(28)33-14-21(17-8-12-20(13-9-17)35(5,31)32)22(18-6-10-19(25)11-7-18)23(29)27(4)15-24(2,3)34-26-30/h6-13H,14-15H2,1-5H3. The zero-order chi connectivity index (χ0) is 26.4. The Kier molecular flexibility index (Phi) is 9.33. The second-order valence-electron chi connectivity index (χ2n) is 8.52. The van der Waals surface area contributed by atoms with E-state index in [1.807, 2.05) is 0 Å². The summed E-state index contributed by atoms with van der Waals surface area (Å²) in [6.07, 6.45) is 1.08. The monoisotopic (exact) mass is 522 g/mol. The molecule has 0 aliphatic carbocycles. The van der Waals surface area contributed by atoms with Crippen molar-refractivity contribution < 1.29 is 27.1 Å². The molecule has 0 radical (unpaired) electrons. The molecular formula is C24H27FN2O6S2. The van der Waals surface area contributed by atoms with E-state index in [9.17, 15) is 27.3 Å². The van der Waals surface area contributed by atoms with Gasteiger partial charge in [-0.25, -0.2) is 12.8 Å². The highest BCUT2D eigenvalue weighted by Gasteiger charge is 2.29. The molecule has 0 saturated heterocycles. The van der Waals surface area contributed by atoms with E-state index in [4.69, 9.17) is 4.74 Å². The first-order chi connectivity index (χ1) is 16.2. The van der Waals surface area contributed by atoms with Crippen LogP contribution in [0.25, 0.3) is 11.1 Å². The highest BCUT2D eigenvalue weighted by atomic mass is 32.2. The number of likely N-dealkylation sites (N-methyl/N-ethyl adjacent to an activating group) is 1. The zero-order valence-corrected chi connectivity index (χ0v) is 21.7. The van der Waals surface area contributed by atoms with Gasteiger partial charge in [0.15, 0.2) is 9.84 Å². The first-order valence-electron chi connectivity index (χ1n) is 10.4. The van der Waals surface area contributed by atoms with Gasteiger partial charge >= 0.3 is 5.97 Å². The van der Waals surface area contributed by atoms with E-state index in [2.05, 4.69) is 4.58 Å². The number of carbonyl (C=O) groups excluding carboxylic acids is 2. The maximum Gasteiger partial charge on any atom is 0.302 e. The van der Waals surface area contributed by atoms with Gasteiger partial charge in [0.2, 0.25) is 0 Å². The molecule has 188 valence electrons. The highest BCUT2D eigenvalue weighted by Crippen LogP contribution is 2.32. The molecule has 1 amide bonds. The Bertz CT molecular complexity index is 1220. The van der Waals surface area contributed by atoms with Crippen LogP contribution in [0, 0.1) is 10.7 Å².